The molecule has 60 valence electrons. The van der Waals surface area contributed by atoms with Crippen LogP contribution in [0.25, 0.3) is 0 Å². The van der Waals surface area contributed by atoms with Crippen molar-refractivity contribution in [1.29, 1.82) is 0 Å². The van der Waals surface area contributed by atoms with E-state index in [2.05, 4.69) is 5.73 Å². The van der Waals surface area contributed by atoms with Gasteiger partial charge in [-0.2, -0.15) is 0 Å². The number of carboxylic acids is 1. The Morgan fingerprint density at radius 1 is 1.50 bits per heavy atom. The second-order valence-electron chi connectivity index (χ2n) is 1.75. The Balaban J connectivity index is 0. The van der Waals surface area contributed by atoms with E-state index in [1.807, 2.05) is 6.92 Å². The minimum absolute atomic E-state index is 0.292. The third kappa shape index (κ3) is 65.1. The van der Waals surface area contributed by atoms with Crippen molar-refractivity contribution in [3.05, 3.63) is 0 Å². The highest BCUT2D eigenvalue weighted by molar-refractivity contribution is 5.70. The van der Waals surface area contributed by atoms with Gasteiger partial charge in [0.05, 0.1) is 0 Å². The van der Waals surface area contributed by atoms with Crippen molar-refractivity contribution in [3.8, 4) is 0 Å². The molecule has 0 aliphatic rings. The molecule has 0 rings (SSSR count). The lowest BCUT2D eigenvalue weighted by Crippen LogP contribution is -2.01. The molecule has 10 heavy (non-hydrogen) atoms. The molecule has 0 bridgehead atoms. The van der Waals surface area contributed by atoms with Gasteiger partial charge in [-0.3, -0.25) is 9.59 Å². The normalized spacial score (nSPS) is 7.40. The van der Waals surface area contributed by atoms with Crippen LogP contribution >= 0.6 is 0 Å². The number of primary amides is 1. The van der Waals surface area contributed by atoms with Crippen LogP contribution in [0.1, 0.15) is 26.7 Å². The summed E-state index contributed by atoms with van der Waals surface area (Å²) in [6.07, 6.45) is 1.02. The van der Waals surface area contributed by atoms with Gasteiger partial charge in [0.2, 0.25) is 5.91 Å². The van der Waals surface area contributed by atoms with E-state index in [-0.39, 0.29) is 5.91 Å². The van der Waals surface area contributed by atoms with Gasteiger partial charge in [-0.1, -0.05) is 6.92 Å². The second-order valence-corrected chi connectivity index (χ2v) is 1.75. The maximum atomic E-state index is 9.60. The number of amides is 1. The first-order valence-corrected chi connectivity index (χ1v) is 2.98. The minimum Gasteiger partial charge on any atom is -0.481 e. The molecule has 0 aliphatic heterocycles. The topological polar surface area (TPSA) is 80.4 Å². The van der Waals surface area contributed by atoms with Crippen molar-refractivity contribution < 1.29 is 14.7 Å². The van der Waals surface area contributed by atoms with Crippen LogP contribution in [0.5, 0.6) is 0 Å². The predicted molar refractivity (Wildman–Crippen MR) is 37.4 cm³/mol. The fourth-order valence-corrected chi connectivity index (χ4v) is 0.214. The first kappa shape index (κ1) is 11.7. The average Bonchev–Trinajstić information content (AvgIpc) is 1.62. The van der Waals surface area contributed by atoms with Crippen molar-refractivity contribution in [2.45, 2.75) is 26.7 Å². The summed E-state index contributed by atoms with van der Waals surface area (Å²) in [7, 11) is 0. The number of nitrogens with two attached hydrogens (primary N) is 1. The van der Waals surface area contributed by atoms with Gasteiger partial charge in [-0.05, 0) is 6.42 Å². The summed E-state index contributed by atoms with van der Waals surface area (Å²) in [6.45, 7) is 3.15. The number of rotatable bonds is 2. The summed E-state index contributed by atoms with van der Waals surface area (Å²) in [5, 5.41) is 7.91. The largest absolute Gasteiger partial charge is 0.481 e. The van der Waals surface area contributed by atoms with Gasteiger partial charge in [0.25, 0.3) is 0 Å². The van der Waals surface area contributed by atoms with Gasteiger partial charge < -0.3 is 10.8 Å². The second kappa shape index (κ2) is 7.94. The van der Waals surface area contributed by atoms with Crippen molar-refractivity contribution in [2.75, 3.05) is 0 Å². The Bertz CT molecular complexity index is 108. The van der Waals surface area contributed by atoms with Gasteiger partial charge in [0, 0.05) is 13.3 Å². The van der Waals surface area contributed by atoms with Crippen LogP contribution in [0.4, 0.5) is 0 Å². The monoisotopic (exact) mass is 147 g/mol. The molecule has 0 aromatic carbocycles. The van der Waals surface area contributed by atoms with E-state index in [1.165, 1.54) is 6.92 Å². The lowest BCUT2D eigenvalue weighted by atomic mass is 10.4. The van der Waals surface area contributed by atoms with Gasteiger partial charge in [0.15, 0.2) is 0 Å². The van der Waals surface area contributed by atoms with Crippen molar-refractivity contribution >= 4 is 11.9 Å². The summed E-state index contributed by atoms with van der Waals surface area (Å²) >= 11 is 0. The van der Waals surface area contributed by atoms with E-state index in [1.54, 1.807) is 0 Å². The van der Waals surface area contributed by atoms with Crippen molar-refractivity contribution in [1.82, 2.24) is 0 Å². The molecule has 0 aromatic heterocycles. The van der Waals surface area contributed by atoms with Crippen molar-refractivity contribution in [3.63, 3.8) is 0 Å². The molecule has 0 unspecified atom stereocenters. The van der Waals surface area contributed by atoms with Gasteiger partial charge in [0.1, 0.15) is 0 Å². The lowest BCUT2D eigenvalue weighted by Gasteiger charge is -1.79. The van der Waals surface area contributed by atoms with Crippen LogP contribution in [0, 0.1) is 0 Å². The zero-order chi connectivity index (χ0) is 8.57. The van der Waals surface area contributed by atoms with Crippen LogP contribution in [-0.2, 0) is 9.59 Å². The fraction of sp³-hybridized carbons (Fsp3) is 0.667. The molecule has 0 spiro atoms. The van der Waals surface area contributed by atoms with Gasteiger partial charge >= 0.3 is 5.97 Å². The standard InChI is InChI=1S/C4H8O2.C2H5NO/c1-2-3-4(5)6;1-2(3)4/h2-3H2,1H3,(H,5,6);1H3,(H2,3,4). The third-order valence-corrected chi connectivity index (χ3v) is 0.464. The molecule has 0 atom stereocenters. The van der Waals surface area contributed by atoms with E-state index in [0.717, 1.165) is 6.42 Å². The Morgan fingerprint density at radius 2 is 1.80 bits per heavy atom. The van der Waals surface area contributed by atoms with Crippen LogP contribution in [-0.4, -0.2) is 17.0 Å². The molecule has 0 saturated heterocycles. The molecule has 1 amide bonds. The molecular formula is C6H13NO3. The van der Waals surface area contributed by atoms with Crippen LogP contribution in [0.3, 0.4) is 0 Å². The zero-order valence-electron chi connectivity index (χ0n) is 6.26. The number of hydrogen-bond donors (Lipinski definition) is 2. The maximum absolute atomic E-state index is 9.60. The predicted octanol–water partition coefficient (Wildman–Crippen LogP) is 0.363. The Kier molecular flexibility index (Phi) is 9.29. The summed E-state index contributed by atoms with van der Waals surface area (Å²) in [6, 6.07) is 0. The quantitative estimate of drug-likeness (QED) is 0.591. The summed E-state index contributed by atoms with van der Waals surface area (Å²) in [4.78, 5) is 18.8. The molecule has 0 radical (unpaired) electrons. The highest BCUT2D eigenvalue weighted by Gasteiger charge is 1.87. The van der Waals surface area contributed by atoms with Crippen LogP contribution in [0.15, 0.2) is 0 Å². The summed E-state index contributed by atoms with van der Waals surface area (Å²) in [5.74, 6) is -1.04. The smallest absolute Gasteiger partial charge is 0.303 e. The van der Waals surface area contributed by atoms with Gasteiger partial charge in [-0.15, -0.1) is 0 Å². The fourth-order valence-electron chi connectivity index (χ4n) is 0.214. The minimum atomic E-state index is -0.711. The molecule has 4 nitrogen and oxygen atoms in total. The molecule has 0 heterocycles. The summed E-state index contributed by atoms with van der Waals surface area (Å²) < 4.78 is 0. The Labute approximate surface area is 60.0 Å². The van der Waals surface area contributed by atoms with E-state index in [0.29, 0.717) is 6.42 Å². The maximum Gasteiger partial charge on any atom is 0.303 e. The highest BCUT2D eigenvalue weighted by atomic mass is 16.4. The first-order valence-electron chi connectivity index (χ1n) is 2.98. The van der Waals surface area contributed by atoms with E-state index in [4.69, 9.17) is 5.11 Å². The van der Waals surface area contributed by atoms with Crippen LogP contribution in [0.2, 0.25) is 0 Å². The van der Waals surface area contributed by atoms with E-state index in [9.17, 15) is 9.59 Å². The van der Waals surface area contributed by atoms with Crippen LogP contribution < -0.4 is 5.73 Å². The van der Waals surface area contributed by atoms with E-state index >= 15 is 0 Å². The Hall–Kier alpha value is -1.06. The number of hydrogen-bond acceptors (Lipinski definition) is 2. The molecule has 0 saturated carbocycles. The SMILES string of the molecule is CC(N)=O.CCCC(=O)O. The van der Waals surface area contributed by atoms with Gasteiger partial charge in [-0.25, -0.2) is 0 Å². The van der Waals surface area contributed by atoms with Crippen molar-refractivity contribution in [2.24, 2.45) is 5.73 Å². The number of carbonyl (C=O) groups is 2. The molecule has 0 aromatic rings. The summed E-state index contributed by atoms with van der Waals surface area (Å²) in [5.41, 5.74) is 4.47. The molecule has 4 heteroatoms. The van der Waals surface area contributed by atoms with E-state index < -0.39 is 5.97 Å². The molecule has 3 N–H and O–H groups in total. The lowest BCUT2D eigenvalue weighted by molar-refractivity contribution is -0.137. The third-order valence-electron chi connectivity index (χ3n) is 0.464. The number of aliphatic carboxylic acids is 1. The highest BCUT2D eigenvalue weighted by Crippen LogP contribution is 1.82. The zero-order valence-corrected chi connectivity index (χ0v) is 6.26. The number of carbonyl (C=O) groups excluding carboxylic acids is 1. The number of carboxylic acid groups (broad SMARTS) is 1. The first-order chi connectivity index (χ1) is 4.50. The molecular weight excluding hydrogens is 134 g/mol. The average molecular weight is 147 g/mol. The Morgan fingerprint density at radius 3 is 1.80 bits per heavy atom. The molecule has 0 aliphatic carbocycles. The molecule has 0 fully saturated rings.